The van der Waals surface area contributed by atoms with Crippen molar-refractivity contribution in [1.29, 1.82) is 0 Å². The van der Waals surface area contributed by atoms with Gasteiger partial charge in [0.05, 0.1) is 0 Å². The molecule has 3 aliphatic rings. The lowest BCUT2D eigenvalue weighted by Crippen LogP contribution is -2.31. The van der Waals surface area contributed by atoms with Gasteiger partial charge in [0.1, 0.15) is 6.29 Å². The molecule has 2 atom stereocenters. The summed E-state index contributed by atoms with van der Waals surface area (Å²) in [7, 11) is 0. The number of aldehydes is 1. The van der Waals surface area contributed by atoms with Gasteiger partial charge >= 0.3 is 0 Å². The van der Waals surface area contributed by atoms with Crippen LogP contribution in [-0.2, 0) is 0 Å². The molecule has 2 aliphatic carbocycles. The predicted octanol–water partition coefficient (Wildman–Crippen LogP) is 4.19. The summed E-state index contributed by atoms with van der Waals surface area (Å²) < 4.78 is 0. The normalized spacial score (nSPS) is 27.2. The van der Waals surface area contributed by atoms with Crippen LogP contribution in [0.5, 0.6) is 0 Å². The van der Waals surface area contributed by atoms with E-state index in [1.54, 1.807) is 0 Å². The smallest absolute Gasteiger partial charge is 0.150 e. The fraction of sp³-hybridized carbons (Fsp3) is 0.389. The van der Waals surface area contributed by atoms with Crippen molar-refractivity contribution in [3.63, 3.8) is 0 Å². The van der Waals surface area contributed by atoms with Crippen molar-refractivity contribution in [2.45, 2.75) is 44.1 Å². The van der Waals surface area contributed by atoms with Gasteiger partial charge in [0.15, 0.2) is 0 Å². The lowest BCUT2D eigenvalue weighted by Gasteiger charge is -2.30. The summed E-state index contributed by atoms with van der Waals surface area (Å²) in [6.45, 7) is 0. The summed E-state index contributed by atoms with van der Waals surface area (Å²) in [6.07, 6.45) is 13.8. The summed E-state index contributed by atoms with van der Waals surface area (Å²) in [5.74, 6) is 0.622. The van der Waals surface area contributed by atoms with Crippen molar-refractivity contribution in [2.75, 3.05) is 4.90 Å². The largest absolute Gasteiger partial charge is 0.341 e. The van der Waals surface area contributed by atoms with E-state index in [1.165, 1.54) is 36.2 Å². The van der Waals surface area contributed by atoms with E-state index in [0.717, 1.165) is 24.7 Å². The molecule has 0 saturated heterocycles. The molecule has 2 nitrogen and oxygen atoms in total. The number of nitrogens with zero attached hydrogens (tertiary/aromatic N) is 1. The summed E-state index contributed by atoms with van der Waals surface area (Å²) >= 11 is 0. The molecule has 1 aliphatic heterocycles. The maximum atomic E-state index is 11.0. The summed E-state index contributed by atoms with van der Waals surface area (Å²) in [6, 6.07) is 6.84. The van der Waals surface area contributed by atoms with Crippen LogP contribution in [0.4, 0.5) is 5.69 Å². The molecule has 0 radical (unpaired) electrons. The average Bonchev–Trinajstić information content (AvgIpc) is 3.08. The van der Waals surface area contributed by atoms with Crippen LogP contribution >= 0.6 is 0 Å². The van der Waals surface area contributed by atoms with Crippen LogP contribution in [0.15, 0.2) is 42.1 Å². The average molecular weight is 265 g/mol. The van der Waals surface area contributed by atoms with E-state index >= 15 is 0 Å². The molecule has 0 amide bonds. The number of hydrogen-bond acceptors (Lipinski definition) is 2. The van der Waals surface area contributed by atoms with Crippen LogP contribution in [0.3, 0.4) is 0 Å². The zero-order valence-electron chi connectivity index (χ0n) is 11.6. The van der Waals surface area contributed by atoms with Crippen molar-refractivity contribution in [2.24, 2.45) is 0 Å². The maximum absolute atomic E-state index is 11.0. The SMILES string of the molecule is O=Cc1ccc2c(c1)C1CCCC1N2C1=CC=CCC1. The highest BCUT2D eigenvalue weighted by atomic mass is 16.1. The van der Waals surface area contributed by atoms with E-state index in [0.29, 0.717) is 12.0 Å². The van der Waals surface area contributed by atoms with Crippen LogP contribution in [0.1, 0.15) is 53.9 Å². The Labute approximate surface area is 119 Å². The Morgan fingerprint density at radius 2 is 2.20 bits per heavy atom. The molecular formula is C18H19NO. The molecule has 2 heteroatoms. The second kappa shape index (κ2) is 4.62. The van der Waals surface area contributed by atoms with Crippen molar-refractivity contribution < 1.29 is 4.79 Å². The number of anilines is 1. The number of hydrogen-bond donors (Lipinski definition) is 0. The Kier molecular flexibility index (Phi) is 2.76. The molecule has 1 fully saturated rings. The van der Waals surface area contributed by atoms with E-state index in [4.69, 9.17) is 0 Å². The highest BCUT2D eigenvalue weighted by Crippen LogP contribution is 2.51. The molecule has 1 heterocycles. The quantitative estimate of drug-likeness (QED) is 0.747. The van der Waals surface area contributed by atoms with Gasteiger partial charge in [-0.3, -0.25) is 4.79 Å². The standard InChI is InChI=1S/C18H19NO/c20-12-13-9-10-18-16(11-13)15-7-4-8-17(15)19(18)14-5-2-1-3-6-14/h1-2,5,9-12,15,17H,3-4,6-8H2. The van der Waals surface area contributed by atoms with E-state index in [9.17, 15) is 4.79 Å². The van der Waals surface area contributed by atoms with E-state index < -0.39 is 0 Å². The zero-order chi connectivity index (χ0) is 13.5. The van der Waals surface area contributed by atoms with Gasteiger partial charge < -0.3 is 4.90 Å². The van der Waals surface area contributed by atoms with E-state index in [-0.39, 0.29) is 0 Å². The second-order valence-electron chi connectivity index (χ2n) is 6.04. The first-order valence-electron chi connectivity index (χ1n) is 7.62. The number of carbonyl (C=O) groups excluding carboxylic acids is 1. The number of rotatable bonds is 2. The highest BCUT2D eigenvalue weighted by Gasteiger charge is 2.42. The fourth-order valence-electron chi connectivity index (χ4n) is 4.11. The number of fused-ring (bicyclic) bond motifs is 3. The molecule has 0 N–H and O–H groups in total. The summed E-state index contributed by atoms with van der Waals surface area (Å²) in [5, 5.41) is 0. The Morgan fingerprint density at radius 3 is 3.00 bits per heavy atom. The van der Waals surface area contributed by atoms with Crippen molar-refractivity contribution in [3.8, 4) is 0 Å². The summed E-state index contributed by atoms with van der Waals surface area (Å²) in [5.41, 5.74) is 5.00. The van der Waals surface area contributed by atoms with Crippen molar-refractivity contribution in [3.05, 3.63) is 53.3 Å². The van der Waals surface area contributed by atoms with E-state index in [1.807, 2.05) is 6.07 Å². The maximum Gasteiger partial charge on any atom is 0.150 e. The molecular weight excluding hydrogens is 246 g/mol. The first kappa shape index (κ1) is 12.0. The molecule has 0 bridgehead atoms. The first-order chi connectivity index (χ1) is 9.88. The fourth-order valence-corrected chi connectivity index (χ4v) is 4.11. The van der Waals surface area contributed by atoms with Gasteiger partial charge in [-0.1, -0.05) is 18.6 Å². The zero-order valence-corrected chi connectivity index (χ0v) is 11.6. The Hall–Kier alpha value is -1.83. The monoisotopic (exact) mass is 265 g/mol. The lowest BCUT2D eigenvalue weighted by atomic mass is 9.96. The van der Waals surface area contributed by atoms with Gasteiger partial charge in [-0.15, -0.1) is 0 Å². The Morgan fingerprint density at radius 1 is 1.25 bits per heavy atom. The van der Waals surface area contributed by atoms with Gasteiger partial charge in [0.25, 0.3) is 0 Å². The van der Waals surface area contributed by atoms with E-state index in [2.05, 4.69) is 35.3 Å². The van der Waals surface area contributed by atoms with Gasteiger partial charge in [-0.05, 0) is 55.5 Å². The van der Waals surface area contributed by atoms with Crippen LogP contribution in [0.2, 0.25) is 0 Å². The lowest BCUT2D eigenvalue weighted by molar-refractivity contribution is 0.112. The summed E-state index contributed by atoms with van der Waals surface area (Å²) in [4.78, 5) is 13.6. The predicted molar refractivity (Wildman–Crippen MR) is 81.1 cm³/mol. The van der Waals surface area contributed by atoms with Crippen LogP contribution in [0.25, 0.3) is 0 Å². The second-order valence-corrected chi connectivity index (χ2v) is 6.04. The minimum absolute atomic E-state index is 0.615. The molecule has 0 aromatic heterocycles. The number of carbonyl (C=O) groups is 1. The molecule has 1 aromatic carbocycles. The van der Waals surface area contributed by atoms with Crippen LogP contribution in [0, 0.1) is 0 Å². The third-order valence-electron chi connectivity index (χ3n) is 4.96. The van der Waals surface area contributed by atoms with Crippen molar-refractivity contribution in [1.82, 2.24) is 0 Å². The van der Waals surface area contributed by atoms with Gasteiger partial charge in [-0.2, -0.15) is 0 Å². The molecule has 102 valence electrons. The Balaban J connectivity index is 1.82. The number of allylic oxidation sites excluding steroid dienone is 4. The third kappa shape index (κ3) is 1.67. The molecule has 20 heavy (non-hydrogen) atoms. The topological polar surface area (TPSA) is 20.3 Å². The van der Waals surface area contributed by atoms with Crippen molar-refractivity contribution >= 4 is 12.0 Å². The molecule has 4 rings (SSSR count). The third-order valence-corrected chi connectivity index (χ3v) is 4.96. The Bertz CT molecular complexity index is 614. The minimum Gasteiger partial charge on any atom is -0.341 e. The van der Waals surface area contributed by atoms with Crippen LogP contribution < -0.4 is 4.90 Å². The number of benzene rings is 1. The molecule has 1 aromatic rings. The molecule has 2 unspecified atom stereocenters. The first-order valence-corrected chi connectivity index (χ1v) is 7.62. The van der Waals surface area contributed by atoms with Gasteiger partial charge in [0, 0.05) is 28.9 Å². The molecule has 1 saturated carbocycles. The highest BCUT2D eigenvalue weighted by molar-refractivity contribution is 5.79. The van der Waals surface area contributed by atoms with Gasteiger partial charge in [-0.25, -0.2) is 0 Å². The van der Waals surface area contributed by atoms with Gasteiger partial charge in [0.2, 0.25) is 0 Å². The van der Waals surface area contributed by atoms with Crippen LogP contribution in [-0.4, -0.2) is 12.3 Å². The minimum atomic E-state index is 0.615. The molecule has 0 spiro atoms.